The Balaban J connectivity index is 0.00000112. The fourth-order valence-electron chi connectivity index (χ4n) is 3.71. The van der Waals surface area contributed by atoms with Crippen LogP contribution >= 0.6 is 46.7 Å². The number of hydrogen-bond acceptors (Lipinski definition) is 6. The zero-order chi connectivity index (χ0) is 35.7. The number of pyridine rings is 1. The molecule has 0 aliphatic rings. The molecule has 0 unspecified atom stereocenters. The Morgan fingerprint density at radius 1 is 0.826 bits per heavy atom. The van der Waals surface area contributed by atoms with Crippen molar-refractivity contribution in [2.24, 2.45) is 0 Å². The number of nitrogens with zero attached hydrogens (tertiary/aromatic N) is 2. The van der Waals surface area contributed by atoms with Gasteiger partial charge in [-0.1, -0.05) is 61.3 Å². The molecule has 1 atom stereocenters. The number of benzene rings is 2. The molecular weight excluding hydrogens is 710 g/mol. The van der Waals surface area contributed by atoms with Gasteiger partial charge in [0.1, 0.15) is 0 Å². The predicted molar refractivity (Wildman–Crippen MR) is 180 cm³/mol. The maximum absolute atomic E-state index is 8.88. The van der Waals surface area contributed by atoms with Crippen molar-refractivity contribution in [2.75, 3.05) is 25.0 Å². The van der Waals surface area contributed by atoms with Crippen molar-refractivity contribution in [3.63, 3.8) is 0 Å². The number of anilines is 1. The Morgan fingerprint density at radius 2 is 1.35 bits per heavy atom. The lowest BCUT2D eigenvalue weighted by molar-refractivity contribution is 0.272. The van der Waals surface area contributed by atoms with Crippen LogP contribution in [0.1, 0.15) is 44.9 Å². The summed E-state index contributed by atoms with van der Waals surface area (Å²) < 4.78 is 26.6. The first-order chi connectivity index (χ1) is 21.0. The minimum Gasteiger partial charge on any atom is -0.382 e. The van der Waals surface area contributed by atoms with Crippen LogP contribution in [0.4, 0.5) is 5.69 Å². The molecular formula is C26H40Cl2N3O12P3. The maximum Gasteiger partial charge on any atom is 0.466 e. The van der Waals surface area contributed by atoms with Crippen LogP contribution in [0.15, 0.2) is 48.5 Å². The number of rotatable bonds is 10. The normalized spacial score (nSPS) is 12.4. The van der Waals surface area contributed by atoms with E-state index in [9.17, 15) is 0 Å². The van der Waals surface area contributed by atoms with Crippen molar-refractivity contribution < 1.29 is 57.7 Å². The van der Waals surface area contributed by atoms with Gasteiger partial charge in [-0.2, -0.15) is 0 Å². The van der Waals surface area contributed by atoms with Gasteiger partial charge >= 0.3 is 23.5 Å². The van der Waals surface area contributed by atoms with Crippen LogP contribution in [0, 0.1) is 0 Å². The van der Waals surface area contributed by atoms with Crippen LogP contribution < -0.4 is 5.32 Å². The molecule has 1 heterocycles. The van der Waals surface area contributed by atoms with Gasteiger partial charge in [0.2, 0.25) is 0 Å². The smallest absolute Gasteiger partial charge is 0.382 e. The molecule has 0 aliphatic heterocycles. The Hall–Kier alpha value is -1.74. The van der Waals surface area contributed by atoms with Crippen molar-refractivity contribution >= 4 is 75.4 Å². The molecule has 3 aromatic rings. The van der Waals surface area contributed by atoms with Gasteiger partial charge in [0.25, 0.3) is 0 Å². The Bertz CT molecular complexity index is 1460. The van der Waals surface area contributed by atoms with Gasteiger partial charge in [0, 0.05) is 27.2 Å². The van der Waals surface area contributed by atoms with Crippen molar-refractivity contribution in [3.05, 3.63) is 69.8 Å². The van der Waals surface area contributed by atoms with E-state index in [2.05, 4.69) is 37.1 Å². The summed E-state index contributed by atoms with van der Waals surface area (Å²) in [6.45, 7) is 10.0. The first kappa shape index (κ1) is 44.3. The van der Waals surface area contributed by atoms with Crippen LogP contribution in [-0.2, 0) is 13.7 Å². The van der Waals surface area contributed by atoms with Crippen LogP contribution in [-0.4, -0.2) is 79.6 Å². The van der Waals surface area contributed by atoms with E-state index < -0.39 is 23.5 Å². The lowest BCUT2D eigenvalue weighted by Gasteiger charge is -2.21. The molecule has 20 heteroatoms. The van der Waals surface area contributed by atoms with E-state index >= 15 is 0 Å². The van der Waals surface area contributed by atoms with Crippen LogP contribution in [0.3, 0.4) is 0 Å². The second-order valence-electron chi connectivity index (χ2n) is 9.37. The average Bonchev–Trinajstić information content (AvgIpc) is 2.87. The molecule has 260 valence electrons. The molecule has 15 nitrogen and oxygen atoms in total. The van der Waals surface area contributed by atoms with Gasteiger partial charge in [-0.3, -0.25) is 0 Å². The minimum atomic E-state index is -4.64. The number of nitrogens with one attached hydrogen (secondary N) is 1. The van der Waals surface area contributed by atoms with Crippen LogP contribution in [0.25, 0.3) is 23.1 Å². The van der Waals surface area contributed by atoms with Crippen LogP contribution in [0.5, 0.6) is 0 Å². The summed E-state index contributed by atoms with van der Waals surface area (Å²) in [6, 6.07) is 16.1. The molecule has 3 rings (SSSR count). The van der Waals surface area contributed by atoms with Gasteiger partial charge in [-0.25, -0.2) is 18.7 Å². The standard InChI is InChI=1S/C26H31Cl2N3.3H3O4P/c1-4-31(5-2)16-8-9-19(3)29-26-18-22(14-12-20-10-6-7-11-24(20)28)30-25-17-21(27)13-15-23(25)26;3*1-5(2,3)4/h6-7,10-15,17-19H,4-5,8-9,16H2,1-3H3,(H,29,30);3*(H3,1,2,3,4)/b14-12+;;;/t19-;;;/m0.../s1. The minimum absolute atomic E-state index is 0.359. The molecule has 0 amide bonds. The number of aromatic nitrogens is 1. The van der Waals surface area contributed by atoms with Gasteiger partial charge < -0.3 is 54.3 Å². The summed E-state index contributed by atoms with van der Waals surface area (Å²) >= 11 is 12.5. The highest BCUT2D eigenvalue weighted by Gasteiger charge is 2.10. The second-order valence-corrected chi connectivity index (χ2v) is 13.3. The average molecular weight is 750 g/mol. The fourth-order valence-corrected chi connectivity index (χ4v) is 4.08. The number of phosphoric acid groups is 3. The van der Waals surface area contributed by atoms with Gasteiger partial charge in [0.05, 0.1) is 11.2 Å². The molecule has 0 saturated carbocycles. The van der Waals surface area contributed by atoms with Crippen molar-refractivity contribution in [1.29, 1.82) is 0 Å². The largest absolute Gasteiger partial charge is 0.466 e. The predicted octanol–water partition coefficient (Wildman–Crippen LogP) is 4.85. The summed E-state index contributed by atoms with van der Waals surface area (Å²) in [7, 11) is -13.9. The van der Waals surface area contributed by atoms with E-state index in [1.807, 2.05) is 54.6 Å². The summed E-state index contributed by atoms with van der Waals surface area (Å²) in [4.78, 5) is 71.9. The molecule has 10 N–H and O–H groups in total. The van der Waals surface area contributed by atoms with E-state index in [-0.39, 0.29) is 0 Å². The fraction of sp³-hybridized carbons (Fsp3) is 0.346. The van der Waals surface area contributed by atoms with Crippen molar-refractivity contribution in [3.8, 4) is 0 Å². The summed E-state index contributed by atoms with van der Waals surface area (Å²) in [5, 5.41) is 6.19. The van der Waals surface area contributed by atoms with Crippen molar-refractivity contribution in [2.45, 2.75) is 39.7 Å². The number of fused-ring (bicyclic) bond motifs is 1. The summed E-state index contributed by atoms with van der Waals surface area (Å²) in [5.41, 5.74) is 3.80. The molecule has 46 heavy (non-hydrogen) atoms. The third-order valence-corrected chi connectivity index (χ3v) is 6.12. The van der Waals surface area contributed by atoms with E-state index in [0.717, 1.165) is 58.9 Å². The highest BCUT2D eigenvalue weighted by Crippen LogP contribution is 2.29. The SMILES string of the molecule is CCN(CC)CCC[C@H](C)Nc1cc(/C=C/c2ccccc2Cl)nc2cc(Cl)ccc12.O=P(O)(O)O.O=P(O)(O)O.O=P(O)(O)O. The zero-order valence-electron chi connectivity index (χ0n) is 25.1. The molecule has 0 bridgehead atoms. The van der Waals surface area contributed by atoms with Crippen molar-refractivity contribution in [1.82, 2.24) is 9.88 Å². The number of hydrogen-bond donors (Lipinski definition) is 10. The molecule has 0 saturated heterocycles. The Morgan fingerprint density at radius 3 is 1.85 bits per heavy atom. The van der Waals surface area contributed by atoms with E-state index in [1.54, 1.807) is 0 Å². The summed E-state index contributed by atoms with van der Waals surface area (Å²) in [6.07, 6.45) is 6.28. The quantitative estimate of drug-likeness (QED) is 0.124. The van der Waals surface area contributed by atoms with E-state index in [1.165, 1.54) is 6.42 Å². The Labute approximate surface area is 276 Å². The lowest BCUT2D eigenvalue weighted by Crippen LogP contribution is -2.25. The van der Waals surface area contributed by atoms with Crippen LogP contribution in [0.2, 0.25) is 10.0 Å². The highest BCUT2D eigenvalue weighted by atomic mass is 35.5. The highest BCUT2D eigenvalue weighted by molar-refractivity contribution is 7.45. The third-order valence-electron chi connectivity index (χ3n) is 5.54. The molecule has 0 aliphatic carbocycles. The van der Waals surface area contributed by atoms with Gasteiger partial charge in [-0.15, -0.1) is 0 Å². The molecule has 1 aromatic heterocycles. The first-order valence-corrected chi connectivity index (χ1v) is 18.8. The number of halogens is 2. The third kappa shape index (κ3) is 25.4. The summed E-state index contributed by atoms with van der Waals surface area (Å²) in [5.74, 6) is 0. The molecule has 0 radical (unpaired) electrons. The lowest BCUT2D eigenvalue weighted by atomic mass is 10.1. The van der Waals surface area contributed by atoms with E-state index in [0.29, 0.717) is 11.1 Å². The molecule has 2 aromatic carbocycles. The monoisotopic (exact) mass is 749 g/mol. The van der Waals surface area contributed by atoms with Gasteiger partial charge in [0.15, 0.2) is 0 Å². The molecule has 0 fully saturated rings. The Kier molecular flexibility index (Phi) is 20.5. The topological polar surface area (TPSA) is 261 Å². The first-order valence-electron chi connectivity index (χ1n) is 13.4. The zero-order valence-corrected chi connectivity index (χ0v) is 29.3. The van der Waals surface area contributed by atoms with Gasteiger partial charge in [-0.05, 0) is 81.4 Å². The molecule has 0 spiro atoms. The maximum atomic E-state index is 8.88. The second kappa shape index (κ2) is 21.3. The van der Waals surface area contributed by atoms with E-state index in [4.69, 9.17) is 85.9 Å².